The van der Waals surface area contributed by atoms with Crippen LogP contribution >= 0.6 is 0 Å². The summed E-state index contributed by atoms with van der Waals surface area (Å²) in [7, 11) is 1.67. The van der Waals surface area contributed by atoms with Crippen LogP contribution in [0.3, 0.4) is 0 Å². The van der Waals surface area contributed by atoms with E-state index in [0.29, 0.717) is 5.82 Å². The molecule has 0 saturated carbocycles. The average Bonchev–Trinajstić information content (AvgIpc) is 3.11. The van der Waals surface area contributed by atoms with E-state index in [2.05, 4.69) is 40.4 Å². The lowest BCUT2D eigenvalue weighted by molar-refractivity contribution is 0.415. The molecule has 4 aromatic rings. The summed E-state index contributed by atoms with van der Waals surface area (Å²) in [4.78, 5) is 4.31. The molecule has 5 nitrogen and oxygen atoms in total. The van der Waals surface area contributed by atoms with Gasteiger partial charge in [-0.1, -0.05) is 36.4 Å². The summed E-state index contributed by atoms with van der Waals surface area (Å²) in [6.07, 6.45) is 3.39. The Morgan fingerprint density at radius 1 is 0.964 bits per heavy atom. The van der Waals surface area contributed by atoms with Crippen molar-refractivity contribution in [3.8, 4) is 39.7 Å². The molecule has 0 saturated heterocycles. The first-order valence-electron chi connectivity index (χ1n) is 9.24. The standard InChI is InChI=1S/C23H19N3O2/c1-28-18-9-5-15(6-10-18)16-7-11-19-17(14-16)8-12-20-22(19)23(27)26(25-20)21-4-2-3-13-24-21/h2-7,9-11,13-14,27H,8,12H2,1H3. The van der Waals surface area contributed by atoms with Crippen molar-refractivity contribution in [3.05, 3.63) is 78.1 Å². The van der Waals surface area contributed by atoms with E-state index in [9.17, 15) is 5.11 Å². The van der Waals surface area contributed by atoms with Gasteiger partial charge < -0.3 is 9.84 Å². The fourth-order valence-electron chi connectivity index (χ4n) is 3.80. The van der Waals surface area contributed by atoms with Crippen LogP contribution < -0.4 is 4.74 Å². The lowest BCUT2D eigenvalue weighted by Gasteiger charge is -2.17. The van der Waals surface area contributed by atoms with Crippen molar-refractivity contribution in [1.29, 1.82) is 0 Å². The molecule has 1 aliphatic carbocycles. The molecule has 0 unspecified atom stereocenters. The fraction of sp³-hybridized carbons (Fsp3) is 0.130. The predicted octanol–water partition coefficient (Wildman–Crippen LogP) is 4.41. The van der Waals surface area contributed by atoms with Gasteiger partial charge >= 0.3 is 0 Å². The summed E-state index contributed by atoms with van der Waals surface area (Å²) in [6, 6.07) is 20.0. The Bertz CT molecular complexity index is 1150. The Kier molecular flexibility index (Phi) is 3.86. The van der Waals surface area contributed by atoms with Crippen LogP contribution in [0.5, 0.6) is 11.6 Å². The number of aromatic hydroxyl groups is 1. The monoisotopic (exact) mass is 369 g/mol. The van der Waals surface area contributed by atoms with Crippen LogP contribution in [0, 0.1) is 0 Å². The summed E-state index contributed by atoms with van der Waals surface area (Å²) < 4.78 is 6.77. The van der Waals surface area contributed by atoms with Gasteiger partial charge in [0.05, 0.1) is 18.4 Å². The lowest BCUT2D eigenvalue weighted by atomic mass is 9.87. The molecule has 0 amide bonds. The third-order valence-corrected chi connectivity index (χ3v) is 5.23. The molecule has 2 aromatic heterocycles. The van der Waals surface area contributed by atoms with E-state index in [1.807, 2.05) is 30.3 Å². The van der Waals surface area contributed by atoms with Gasteiger partial charge in [-0.3, -0.25) is 0 Å². The highest BCUT2D eigenvalue weighted by Gasteiger charge is 2.26. The van der Waals surface area contributed by atoms with Gasteiger partial charge in [0.15, 0.2) is 5.82 Å². The number of fused-ring (bicyclic) bond motifs is 3. The fourth-order valence-corrected chi connectivity index (χ4v) is 3.80. The van der Waals surface area contributed by atoms with Crippen LogP contribution in [0.1, 0.15) is 11.3 Å². The number of hydrogen-bond acceptors (Lipinski definition) is 4. The first-order chi connectivity index (χ1) is 13.7. The maximum atomic E-state index is 10.9. The van der Waals surface area contributed by atoms with Gasteiger partial charge in [-0.25, -0.2) is 4.98 Å². The molecular formula is C23H19N3O2. The molecule has 138 valence electrons. The van der Waals surface area contributed by atoms with E-state index in [4.69, 9.17) is 4.74 Å². The van der Waals surface area contributed by atoms with Gasteiger partial charge in [0.25, 0.3) is 0 Å². The molecule has 0 atom stereocenters. The number of pyridine rings is 1. The summed E-state index contributed by atoms with van der Waals surface area (Å²) in [5.74, 6) is 1.61. The van der Waals surface area contributed by atoms with Crippen molar-refractivity contribution < 1.29 is 9.84 Å². The van der Waals surface area contributed by atoms with Crippen molar-refractivity contribution in [3.63, 3.8) is 0 Å². The van der Waals surface area contributed by atoms with E-state index < -0.39 is 0 Å². The normalized spacial score (nSPS) is 12.3. The molecular weight excluding hydrogens is 350 g/mol. The van der Waals surface area contributed by atoms with E-state index in [0.717, 1.165) is 46.5 Å². The van der Waals surface area contributed by atoms with Crippen molar-refractivity contribution in [2.24, 2.45) is 0 Å². The molecule has 2 heterocycles. The zero-order valence-electron chi connectivity index (χ0n) is 15.5. The minimum Gasteiger partial charge on any atom is -0.497 e. The predicted molar refractivity (Wildman–Crippen MR) is 108 cm³/mol. The summed E-state index contributed by atoms with van der Waals surface area (Å²) >= 11 is 0. The molecule has 0 spiro atoms. The summed E-state index contributed by atoms with van der Waals surface area (Å²) in [6.45, 7) is 0. The number of rotatable bonds is 3. The van der Waals surface area contributed by atoms with Gasteiger partial charge in [-0.2, -0.15) is 9.78 Å². The van der Waals surface area contributed by atoms with Crippen LogP contribution in [0.25, 0.3) is 28.1 Å². The van der Waals surface area contributed by atoms with Gasteiger partial charge in [0, 0.05) is 6.20 Å². The van der Waals surface area contributed by atoms with Gasteiger partial charge in [0.2, 0.25) is 5.88 Å². The third kappa shape index (κ3) is 2.63. The number of ether oxygens (including phenoxy) is 1. The molecule has 2 aromatic carbocycles. The molecule has 1 N–H and O–H groups in total. The van der Waals surface area contributed by atoms with Crippen LogP contribution in [0.2, 0.25) is 0 Å². The maximum absolute atomic E-state index is 10.9. The highest BCUT2D eigenvalue weighted by Crippen LogP contribution is 2.41. The van der Waals surface area contributed by atoms with E-state index >= 15 is 0 Å². The zero-order valence-corrected chi connectivity index (χ0v) is 15.5. The molecule has 5 heteroatoms. The van der Waals surface area contributed by atoms with Crippen molar-refractivity contribution in [2.45, 2.75) is 12.8 Å². The Morgan fingerprint density at radius 2 is 1.79 bits per heavy atom. The van der Waals surface area contributed by atoms with Gasteiger partial charge in [-0.05, 0) is 59.4 Å². The van der Waals surface area contributed by atoms with Crippen molar-refractivity contribution >= 4 is 0 Å². The van der Waals surface area contributed by atoms with E-state index in [1.54, 1.807) is 13.3 Å². The van der Waals surface area contributed by atoms with Crippen LogP contribution in [0.4, 0.5) is 0 Å². The number of nitrogens with zero attached hydrogens (tertiary/aromatic N) is 3. The number of benzene rings is 2. The highest BCUT2D eigenvalue weighted by atomic mass is 16.5. The molecule has 5 rings (SSSR count). The van der Waals surface area contributed by atoms with E-state index in [-0.39, 0.29) is 5.88 Å². The largest absolute Gasteiger partial charge is 0.497 e. The topological polar surface area (TPSA) is 60.2 Å². The Morgan fingerprint density at radius 3 is 2.54 bits per heavy atom. The average molecular weight is 369 g/mol. The Hall–Kier alpha value is -3.60. The minimum absolute atomic E-state index is 0.145. The SMILES string of the molecule is COc1ccc(-c2ccc3c(c2)CCc2nn(-c4ccccn4)c(O)c2-3)cc1. The highest BCUT2D eigenvalue weighted by molar-refractivity contribution is 5.80. The van der Waals surface area contributed by atoms with Crippen LogP contribution in [-0.2, 0) is 12.8 Å². The smallest absolute Gasteiger partial charge is 0.224 e. The van der Waals surface area contributed by atoms with Crippen molar-refractivity contribution in [1.82, 2.24) is 14.8 Å². The van der Waals surface area contributed by atoms with Crippen LogP contribution in [-0.4, -0.2) is 27.0 Å². The number of aryl methyl sites for hydroxylation is 2. The first kappa shape index (κ1) is 16.6. The third-order valence-electron chi connectivity index (χ3n) is 5.23. The lowest BCUT2D eigenvalue weighted by Crippen LogP contribution is -2.03. The summed E-state index contributed by atoms with van der Waals surface area (Å²) in [5.41, 5.74) is 6.28. The molecule has 0 aliphatic heterocycles. The second-order valence-corrected chi connectivity index (χ2v) is 6.85. The minimum atomic E-state index is 0.145. The zero-order chi connectivity index (χ0) is 19.1. The Labute approximate surface area is 162 Å². The first-order valence-corrected chi connectivity index (χ1v) is 9.24. The molecule has 28 heavy (non-hydrogen) atoms. The quantitative estimate of drug-likeness (QED) is 0.581. The van der Waals surface area contributed by atoms with Crippen LogP contribution in [0.15, 0.2) is 66.9 Å². The van der Waals surface area contributed by atoms with Gasteiger partial charge in [-0.15, -0.1) is 0 Å². The van der Waals surface area contributed by atoms with Crippen molar-refractivity contribution in [2.75, 3.05) is 7.11 Å². The number of hydrogen-bond donors (Lipinski definition) is 1. The molecule has 1 aliphatic rings. The summed E-state index contributed by atoms with van der Waals surface area (Å²) in [5, 5.41) is 15.5. The van der Waals surface area contributed by atoms with Gasteiger partial charge in [0.1, 0.15) is 5.75 Å². The molecule has 0 bridgehead atoms. The number of aromatic nitrogens is 3. The second-order valence-electron chi connectivity index (χ2n) is 6.85. The second kappa shape index (κ2) is 6.53. The number of methoxy groups -OCH3 is 1. The molecule has 0 radical (unpaired) electrons. The van der Waals surface area contributed by atoms with E-state index in [1.165, 1.54) is 10.2 Å². The molecule has 0 fully saturated rings. The Balaban J connectivity index is 1.57. The maximum Gasteiger partial charge on any atom is 0.224 e.